The van der Waals surface area contributed by atoms with Crippen LogP contribution in [0.3, 0.4) is 0 Å². The van der Waals surface area contributed by atoms with Gasteiger partial charge in [-0.05, 0) is 24.1 Å². The van der Waals surface area contributed by atoms with Crippen molar-refractivity contribution in [2.75, 3.05) is 12.5 Å². The van der Waals surface area contributed by atoms with Crippen LogP contribution in [0.15, 0.2) is 24.3 Å². The molecule has 1 rings (SSSR count). The van der Waals surface area contributed by atoms with Crippen LogP contribution in [0.4, 0.5) is 0 Å². The lowest BCUT2D eigenvalue weighted by Gasteiger charge is -2.05. The first-order valence-corrected chi connectivity index (χ1v) is 4.79. The highest BCUT2D eigenvalue weighted by molar-refractivity contribution is 6.17. The van der Waals surface area contributed by atoms with Gasteiger partial charge in [0.25, 0.3) is 0 Å². The molecule has 1 N–H and O–H groups in total. The van der Waals surface area contributed by atoms with E-state index in [0.717, 1.165) is 17.7 Å². The maximum Gasteiger partial charge on any atom is 0.119 e. The Morgan fingerprint density at radius 3 is 2.92 bits per heavy atom. The number of halogens is 1. The van der Waals surface area contributed by atoms with Gasteiger partial charge in [-0.15, -0.1) is 11.6 Å². The van der Waals surface area contributed by atoms with Gasteiger partial charge >= 0.3 is 0 Å². The number of rotatable bonds is 5. The van der Waals surface area contributed by atoms with Gasteiger partial charge in [-0.1, -0.05) is 12.1 Å². The molecule has 0 spiro atoms. The highest BCUT2D eigenvalue weighted by atomic mass is 35.5. The second kappa shape index (κ2) is 5.84. The molecule has 0 unspecified atom stereocenters. The van der Waals surface area contributed by atoms with Gasteiger partial charge in [0, 0.05) is 5.88 Å². The summed E-state index contributed by atoms with van der Waals surface area (Å²) in [5.41, 5.74) is 0.864. The predicted octanol–water partition coefficient (Wildman–Crippen LogP) is 2.19. The highest BCUT2D eigenvalue weighted by Gasteiger charge is 1.94. The van der Waals surface area contributed by atoms with Crippen LogP contribution in [0.5, 0.6) is 5.75 Å². The summed E-state index contributed by atoms with van der Waals surface area (Å²) < 4.78 is 5.39. The van der Waals surface area contributed by atoms with E-state index in [9.17, 15) is 0 Å². The van der Waals surface area contributed by atoms with Crippen LogP contribution in [-0.4, -0.2) is 17.6 Å². The van der Waals surface area contributed by atoms with Crippen LogP contribution in [-0.2, 0) is 6.61 Å². The maximum atomic E-state index is 8.86. The fourth-order valence-electron chi connectivity index (χ4n) is 0.978. The summed E-state index contributed by atoms with van der Waals surface area (Å²) >= 11 is 5.51. The van der Waals surface area contributed by atoms with Gasteiger partial charge in [0.1, 0.15) is 5.75 Å². The third-order valence-corrected chi connectivity index (χ3v) is 1.89. The molecule has 1 aromatic rings. The third kappa shape index (κ3) is 3.66. The van der Waals surface area contributed by atoms with Gasteiger partial charge < -0.3 is 9.84 Å². The first kappa shape index (κ1) is 10.4. The van der Waals surface area contributed by atoms with Crippen molar-refractivity contribution in [1.29, 1.82) is 0 Å². The Bertz CT molecular complexity index is 250. The van der Waals surface area contributed by atoms with Crippen LogP contribution in [0.2, 0.25) is 0 Å². The Kier molecular flexibility index (Phi) is 4.65. The second-order valence-corrected chi connectivity index (χ2v) is 3.07. The van der Waals surface area contributed by atoms with E-state index in [1.165, 1.54) is 0 Å². The Labute approximate surface area is 83.1 Å². The van der Waals surface area contributed by atoms with Gasteiger partial charge in [0.05, 0.1) is 13.2 Å². The predicted molar refractivity (Wildman–Crippen MR) is 53.2 cm³/mol. The van der Waals surface area contributed by atoms with Crippen molar-refractivity contribution in [2.45, 2.75) is 13.0 Å². The minimum Gasteiger partial charge on any atom is -0.494 e. The third-order valence-electron chi connectivity index (χ3n) is 1.63. The van der Waals surface area contributed by atoms with Gasteiger partial charge in [0.2, 0.25) is 0 Å². The molecule has 0 aliphatic carbocycles. The zero-order chi connectivity index (χ0) is 9.52. The summed E-state index contributed by atoms with van der Waals surface area (Å²) in [6.07, 6.45) is 0.838. The summed E-state index contributed by atoms with van der Waals surface area (Å²) in [5.74, 6) is 1.40. The molecule has 1 aromatic carbocycles. The molecule has 0 bridgehead atoms. The average Bonchev–Trinajstić information content (AvgIpc) is 2.19. The van der Waals surface area contributed by atoms with E-state index in [1.807, 2.05) is 24.3 Å². The lowest BCUT2D eigenvalue weighted by molar-refractivity contribution is 0.279. The Hall–Kier alpha value is -0.730. The standard InChI is InChI=1S/C10H13ClO2/c11-5-2-6-13-10-4-1-3-9(7-10)8-12/h1,3-4,7,12H,2,5-6,8H2. The fraction of sp³-hybridized carbons (Fsp3) is 0.400. The van der Waals surface area contributed by atoms with Crippen molar-refractivity contribution in [3.63, 3.8) is 0 Å². The summed E-state index contributed by atoms with van der Waals surface area (Å²) in [5, 5.41) is 8.86. The quantitative estimate of drug-likeness (QED) is 0.583. The molecule has 0 aromatic heterocycles. The highest BCUT2D eigenvalue weighted by Crippen LogP contribution is 2.13. The molecule has 0 amide bonds. The molecule has 0 aliphatic rings. The topological polar surface area (TPSA) is 29.5 Å². The largest absolute Gasteiger partial charge is 0.494 e. The molecule has 13 heavy (non-hydrogen) atoms. The molecule has 0 saturated carbocycles. The lowest BCUT2D eigenvalue weighted by atomic mass is 10.2. The van der Waals surface area contributed by atoms with Crippen LogP contribution >= 0.6 is 11.6 Å². The average molecular weight is 201 g/mol. The molecule has 0 radical (unpaired) electrons. The van der Waals surface area contributed by atoms with E-state index in [1.54, 1.807) is 0 Å². The van der Waals surface area contributed by atoms with E-state index < -0.39 is 0 Å². The summed E-state index contributed by atoms with van der Waals surface area (Å²) in [7, 11) is 0. The van der Waals surface area contributed by atoms with Crippen molar-refractivity contribution in [2.24, 2.45) is 0 Å². The molecule has 0 saturated heterocycles. The van der Waals surface area contributed by atoms with E-state index in [2.05, 4.69) is 0 Å². The molecule has 0 heterocycles. The number of aliphatic hydroxyl groups excluding tert-OH is 1. The van der Waals surface area contributed by atoms with Crippen molar-refractivity contribution in [1.82, 2.24) is 0 Å². The van der Waals surface area contributed by atoms with Gasteiger partial charge in [0.15, 0.2) is 0 Å². The molecule has 0 fully saturated rings. The SMILES string of the molecule is OCc1cccc(OCCCCl)c1. The number of ether oxygens (including phenoxy) is 1. The van der Waals surface area contributed by atoms with E-state index in [4.69, 9.17) is 21.4 Å². The number of hydrogen-bond acceptors (Lipinski definition) is 2. The monoisotopic (exact) mass is 200 g/mol. The molecular formula is C10H13ClO2. The first-order valence-electron chi connectivity index (χ1n) is 4.25. The minimum atomic E-state index is 0.0483. The van der Waals surface area contributed by atoms with Crippen molar-refractivity contribution >= 4 is 11.6 Å². The van der Waals surface area contributed by atoms with Crippen LogP contribution in [0.25, 0.3) is 0 Å². The van der Waals surface area contributed by atoms with Crippen LogP contribution < -0.4 is 4.74 Å². The molecule has 0 atom stereocenters. The smallest absolute Gasteiger partial charge is 0.119 e. The fourth-order valence-corrected chi connectivity index (χ4v) is 1.09. The maximum absolute atomic E-state index is 8.86. The van der Waals surface area contributed by atoms with Gasteiger partial charge in [-0.25, -0.2) is 0 Å². The van der Waals surface area contributed by atoms with Gasteiger partial charge in [-0.2, -0.15) is 0 Å². The van der Waals surface area contributed by atoms with E-state index in [0.29, 0.717) is 12.5 Å². The Morgan fingerprint density at radius 1 is 1.38 bits per heavy atom. The molecular weight excluding hydrogens is 188 g/mol. The summed E-state index contributed by atoms with van der Waals surface area (Å²) in [6.45, 7) is 0.672. The number of hydrogen-bond donors (Lipinski definition) is 1. The Balaban J connectivity index is 2.46. The lowest BCUT2D eigenvalue weighted by Crippen LogP contribution is -1.98. The Morgan fingerprint density at radius 2 is 2.23 bits per heavy atom. The van der Waals surface area contributed by atoms with E-state index in [-0.39, 0.29) is 6.61 Å². The number of aliphatic hydroxyl groups is 1. The zero-order valence-corrected chi connectivity index (χ0v) is 8.13. The normalized spacial score (nSPS) is 10.0. The van der Waals surface area contributed by atoms with Crippen molar-refractivity contribution in [3.05, 3.63) is 29.8 Å². The number of benzene rings is 1. The molecule has 2 nitrogen and oxygen atoms in total. The summed E-state index contributed by atoms with van der Waals surface area (Å²) in [4.78, 5) is 0. The summed E-state index contributed by atoms with van der Waals surface area (Å²) in [6, 6.07) is 7.41. The first-order chi connectivity index (χ1) is 6.36. The van der Waals surface area contributed by atoms with E-state index >= 15 is 0 Å². The molecule has 3 heteroatoms. The minimum absolute atomic E-state index is 0.0483. The van der Waals surface area contributed by atoms with Crippen LogP contribution in [0, 0.1) is 0 Å². The zero-order valence-electron chi connectivity index (χ0n) is 7.37. The van der Waals surface area contributed by atoms with Crippen molar-refractivity contribution < 1.29 is 9.84 Å². The molecule has 0 aliphatic heterocycles. The van der Waals surface area contributed by atoms with Crippen molar-refractivity contribution in [3.8, 4) is 5.75 Å². The number of alkyl halides is 1. The van der Waals surface area contributed by atoms with Gasteiger partial charge in [-0.3, -0.25) is 0 Å². The molecule has 72 valence electrons. The van der Waals surface area contributed by atoms with Crippen LogP contribution in [0.1, 0.15) is 12.0 Å². The second-order valence-electron chi connectivity index (χ2n) is 2.70.